The van der Waals surface area contributed by atoms with Crippen LogP contribution in [0, 0.1) is 0 Å². The van der Waals surface area contributed by atoms with Gasteiger partial charge in [0.15, 0.2) is 0 Å². The maximum absolute atomic E-state index is 10.8. The SMILES string of the molecule is CC(=O)OCCOC(C)(c1ccccc1)c1ccccn1. The molecule has 0 fully saturated rings. The van der Waals surface area contributed by atoms with Gasteiger partial charge in [0.05, 0.1) is 12.3 Å². The van der Waals surface area contributed by atoms with Crippen molar-refractivity contribution in [3.8, 4) is 0 Å². The van der Waals surface area contributed by atoms with Crippen LogP contribution in [0.1, 0.15) is 25.1 Å². The molecule has 21 heavy (non-hydrogen) atoms. The molecule has 0 amide bonds. The third-order valence-corrected chi connectivity index (χ3v) is 3.26. The van der Waals surface area contributed by atoms with Gasteiger partial charge in [0.1, 0.15) is 12.2 Å². The average molecular weight is 285 g/mol. The van der Waals surface area contributed by atoms with Crippen LogP contribution < -0.4 is 0 Å². The highest BCUT2D eigenvalue weighted by Crippen LogP contribution is 2.31. The number of esters is 1. The molecule has 0 saturated heterocycles. The summed E-state index contributed by atoms with van der Waals surface area (Å²) in [5.41, 5.74) is 1.15. The molecular formula is C17H19NO3. The fourth-order valence-corrected chi connectivity index (χ4v) is 2.14. The van der Waals surface area contributed by atoms with E-state index in [9.17, 15) is 4.79 Å². The lowest BCUT2D eigenvalue weighted by Crippen LogP contribution is -2.30. The molecular weight excluding hydrogens is 266 g/mol. The highest BCUT2D eigenvalue weighted by atomic mass is 16.6. The van der Waals surface area contributed by atoms with Crippen molar-refractivity contribution in [1.29, 1.82) is 0 Å². The van der Waals surface area contributed by atoms with Crippen molar-refractivity contribution in [2.24, 2.45) is 0 Å². The lowest BCUT2D eigenvalue weighted by atomic mass is 9.91. The number of nitrogens with zero attached hydrogens (tertiary/aromatic N) is 1. The Balaban J connectivity index is 2.21. The van der Waals surface area contributed by atoms with Gasteiger partial charge in [0, 0.05) is 13.1 Å². The Labute approximate surface area is 124 Å². The Morgan fingerprint density at radius 1 is 1.10 bits per heavy atom. The number of benzene rings is 1. The molecule has 1 aromatic heterocycles. The molecule has 0 saturated carbocycles. The number of ether oxygens (including phenoxy) is 2. The Morgan fingerprint density at radius 3 is 2.43 bits per heavy atom. The molecule has 1 heterocycles. The summed E-state index contributed by atoms with van der Waals surface area (Å²) in [4.78, 5) is 15.2. The summed E-state index contributed by atoms with van der Waals surface area (Å²) >= 11 is 0. The fraction of sp³-hybridized carbons (Fsp3) is 0.294. The standard InChI is InChI=1S/C17H19NO3/c1-14(19)20-12-13-21-17(2,15-8-4-3-5-9-15)16-10-6-7-11-18-16/h3-11H,12-13H2,1-2H3. The monoisotopic (exact) mass is 285 g/mol. The lowest BCUT2D eigenvalue weighted by molar-refractivity contribution is -0.144. The fourth-order valence-electron chi connectivity index (χ4n) is 2.14. The van der Waals surface area contributed by atoms with Crippen LogP contribution >= 0.6 is 0 Å². The Morgan fingerprint density at radius 2 is 1.81 bits per heavy atom. The molecule has 0 spiro atoms. The van der Waals surface area contributed by atoms with E-state index in [2.05, 4.69) is 4.98 Å². The Hall–Kier alpha value is -2.20. The maximum Gasteiger partial charge on any atom is 0.302 e. The Bertz CT molecular complexity index is 530. The van der Waals surface area contributed by atoms with Gasteiger partial charge in [-0.25, -0.2) is 0 Å². The summed E-state index contributed by atoms with van der Waals surface area (Å²) in [6.45, 7) is 3.89. The van der Waals surface area contributed by atoms with Gasteiger partial charge in [-0.2, -0.15) is 0 Å². The first-order valence-corrected chi connectivity index (χ1v) is 6.87. The number of hydrogen-bond acceptors (Lipinski definition) is 4. The second-order valence-corrected chi connectivity index (χ2v) is 4.80. The molecule has 110 valence electrons. The zero-order valence-electron chi connectivity index (χ0n) is 12.3. The first kappa shape index (κ1) is 15.2. The molecule has 0 aliphatic heterocycles. The van der Waals surface area contributed by atoms with Crippen molar-refractivity contribution in [2.75, 3.05) is 13.2 Å². The molecule has 0 bridgehead atoms. The summed E-state index contributed by atoms with van der Waals surface area (Å²) in [5.74, 6) is -0.308. The molecule has 0 aliphatic carbocycles. The summed E-state index contributed by atoms with van der Waals surface area (Å²) in [6.07, 6.45) is 1.74. The third kappa shape index (κ3) is 3.89. The quantitative estimate of drug-likeness (QED) is 0.605. The molecule has 1 atom stereocenters. The molecule has 4 nitrogen and oxygen atoms in total. The van der Waals surface area contributed by atoms with Crippen LogP contribution in [0.5, 0.6) is 0 Å². The number of aromatic nitrogens is 1. The molecule has 0 N–H and O–H groups in total. The van der Waals surface area contributed by atoms with E-state index in [1.54, 1.807) is 6.20 Å². The number of pyridine rings is 1. The van der Waals surface area contributed by atoms with Gasteiger partial charge in [-0.15, -0.1) is 0 Å². The Kier molecular flexibility index (Phi) is 5.06. The minimum absolute atomic E-state index is 0.227. The van der Waals surface area contributed by atoms with E-state index in [0.717, 1.165) is 11.3 Å². The topological polar surface area (TPSA) is 48.4 Å². The molecule has 0 aliphatic rings. The van der Waals surface area contributed by atoms with E-state index in [0.29, 0.717) is 6.61 Å². The second kappa shape index (κ2) is 6.99. The first-order valence-electron chi connectivity index (χ1n) is 6.87. The molecule has 4 heteroatoms. The van der Waals surface area contributed by atoms with Gasteiger partial charge in [0.25, 0.3) is 0 Å². The van der Waals surface area contributed by atoms with Gasteiger partial charge in [0.2, 0.25) is 0 Å². The van der Waals surface area contributed by atoms with E-state index in [-0.39, 0.29) is 12.6 Å². The van der Waals surface area contributed by atoms with Crippen molar-refractivity contribution in [2.45, 2.75) is 19.4 Å². The molecule has 2 aromatic rings. The molecule has 0 radical (unpaired) electrons. The van der Waals surface area contributed by atoms with Crippen molar-refractivity contribution in [1.82, 2.24) is 4.98 Å². The maximum atomic E-state index is 10.8. The summed E-state index contributed by atoms with van der Waals surface area (Å²) < 4.78 is 10.9. The van der Waals surface area contributed by atoms with Crippen LogP contribution in [0.15, 0.2) is 54.7 Å². The van der Waals surface area contributed by atoms with Crippen molar-refractivity contribution in [3.05, 3.63) is 66.0 Å². The van der Waals surface area contributed by atoms with Gasteiger partial charge >= 0.3 is 5.97 Å². The highest BCUT2D eigenvalue weighted by molar-refractivity contribution is 5.65. The van der Waals surface area contributed by atoms with Crippen LogP contribution in [-0.2, 0) is 19.9 Å². The number of carbonyl (C=O) groups is 1. The minimum Gasteiger partial charge on any atom is -0.463 e. The van der Waals surface area contributed by atoms with Crippen LogP contribution in [0.3, 0.4) is 0 Å². The zero-order valence-corrected chi connectivity index (χ0v) is 12.3. The van der Waals surface area contributed by atoms with Crippen molar-refractivity contribution >= 4 is 5.97 Å². The van der Waals surface area contributed by atoms with Crippen LogP contribution in [0.2, 0.25) is 0 Å². The second-order valence-electron chi connectivity index (χ2n) is 4.80. The van der Waals surface area contributed by atoms with Gasteiger partial charge in [-0.3, -0.25) is 9.78 Å². The van der Waals surface area contributed by atoms with E-state index in [1.165, 1.54) is 6.92 Å². The van der Waals surface area contributed by atoms with Crippen LogP contribution in [0.4, 0.5) is 0 Å². The normalized spacial score (nSPS) is 13.4. The largest absolute Gasteiger partial charge is 0.463 e. The average Bonchev–Trinajstić information content (AvgIpc) is 2.53. The number of carbonyl (C=O) groups excluding carboxylic acids is 1. The van der Waals surface area contributed by atoms with E-state index in [1.807, 2.05) is 55.5 Å². The van der Waals surface area contributed by atoms with Crippen molar-refractivity contribution < 1.29 is 14.3 Å². The first-order chi connectivity index (χ1) is 10.1. The smallest absolute Gasteiger partial charge is 0.302 e. The predicted octanol–water partition coefficient (Wildman–Crippen LogP) is 2.92. The van der Waals surface area contributed by atoms with Crippen LogP contribution in [0.25, 0.3) is 0 Å². The van der Waals surface area contributed by atoms with Gasteiger partial charge < -0.3 is 9.47 Å². The van der Waals surface area contributed by atoms with E-state index >= 15 is 0 Å². The van der Waals surface area contributed by atoms with E-state index < -0.39 is 5.60 Å². The van der Waals surface area contributed by atoms with E-state index in [4.69, 9.17) is 9.47 Å². The molecule has 1 unspecified atom stereocenters. The lowest BCUT2D eigenvalue weighted by Gasteiger charge is -2.30. The molecule has 2 rings (SSSR count). The zero-order chi connectivity index (χ0) is 15.1. The number of hydrogen-bond donors (Lipinski definition) is 0. The number of rotatable bonds is 6. The summed E-state index contributed by atoms with van der Waals surface area (Å²) in [7, 11) is 0. The molecule has 1 aromatic carbocycles. The third-order valence-electron chi connectivity index (χ3n) is 3.26. The van der Waals surface area contributed by atoms with Gasteiger partial charge in [-0.1, -0.05) is 36.4 Å². The minimum atomic E-state index is -0.678. The van der Waals surface area contributed by atoms with Gasteiger partial charge in [-0.05, 0) is 24.6 Å². The summed E-state index contributed by atoms with van der Waals surface area (Å²) in [6, 6.07) is 15.6. The summed E-state index contributed by atoms with van der Waals surface area (Å²) in [5, 5.41) is 0. The van der Waals surface area contributed by atoms with Crippen LogP contribution in [-0.4, -0.2) is 24.2 Å². The highest BCUT2D eigenvalue weighted by Gasteiger charge is 2.31. The predicted molar refractivity (Wildman–Crippen MR) is 79.7 cm³/mol. The van der Waals surface area contributed by atoms with Crippen molar-refractivity contribution in [3.63, 3.8) is 0 Å².